The molecule has 1 unspecified atom stereocenters. The van der Waals surface area contributed by atoms with Crippen molar-refractivity contribution in [3.63, 3.8) is 0 Å². The molecule has 0 aliphatic carbocycles. The average Bonchev–Trinajstić information content (AvgIpc) is 3.34. The summed E-state index contributed by atoms with van der Waals surface area (Å²) >= 11 is 1.33. The number of ether oxygens (including phenoxy) is 1. The molecule has 0 saturated carbocycles. The molecule has 2 amide bonds. The van der Waals surface area contributed by atoms with Gasteiger partial charge in [0.1, 0.15) is 29.2 Å². The Bertz CT molecular complexity index is 1220. The van der Waals surface area contributed by atoms with Gasteiger partial charge < -0.3 is 34.5 Å². The number of carbonyl (C=O) groups excluding carboxylic acids is 3. The van der Waals surface area contributed by atoms with Crippen molar-refractivity contribution in [3.05, 3.63) is 42.1 Å². The third-order valence-corrected chi connectivity index (χ3v) is 11.0. The predicted molar refractivity (Wildman–Crippen MR) is 195 cm³/mol. The van der Waals surface area contributed by atoms with Crippen molar-refractivity contribution in [1.29, 1.82) is 0 Å². The van der Waals surface area contributed by atoms with Crippen molar-refractivity contribution >= 4 is 35.5 Å². The lowest BCUT2D eigenvalue weighted by Gasteiger charge is -2.44. The molecule has 2 saturated heterocycles. The van der Waals surface area contributed by atoms with E-state index in [9.17, 15) is 29.4 Å². The van der Waals surface area contributed by atoms with Crippen LogP contribution in [0.15, 0.2) is 36.5 Å². The zero-order valence-electron chi connectivity index (χ0n) is 30.9. The second-order valence-electron chi connectivity index (χ2n) is 13.7. The van der Waals surface area contributed by atoms with Gasteiger partial charge in [-0.2, -0.15) is 0 Å². The van der Waals surface area contributed by atoms with Gasteiger partial charge >= 0.3 is 11.9 Å². The van der Waals surface area contributed by atoms with Crippen LogP contribution in [0, 0.1) is 0 Å². The monoisotopic (exact) mass is 705 g/mol. The molecule has 2 aliphatic heterocycles. The third-order valence-electron chi connectivity index (χ3n) is 9.43. The number of phenolic OH excluding ortho intramolecular Hbond substituents is 1. The summed E-state index contributed by atoms with van der Waals surface area (Å²) in [5, 5.41) is 21.4. The summed E-state index contributed by atoms with van der Waals surface area (Å²) in [7, 11) is 2.81. The van der Waals surface area contributed by atoms with Gasteiger partial charge in [0.2, 0.25) is 11.8 Å². The van der Waals surface area contributed by atoms with Gasteiger partial charge in [-0.1, -0.05) is 65.5 Å². The molecule has 2 fully saturated rings. The van der Waals surface area contributed by atoms with E-state index in [-0.39, 0.29) is 5.75 Å². The van der Waals surface area contributed by atoms with Crippen LogP contribution in [0.5, 0.6) is 5.75 Å². The van der Waals surface area contributed by atoms with Crippen molar-refractivity contribution in [3.8, 4) is 5.75 Å². The van der Waals surface area contributed by atoms with Crippen molar-refractivity contribution < 1.29 is 38.6 Å². The van der Waals surface area contributed by atoms with Gasteiger partial charge in [-0.3, -0.25) is 9.59 Å². The summed E-state index contributed by atoms with van der Waals surface area (Å²) < 4.78 is 5.29. The number of unbranched alkanes of at least 4 members (excludes halogenated alkanes) is 4. The molecule has 276 valence electrons. The number of quaternary nitrogens is 1. The van der Waals surface area contributed by atoms with Crippen LogP contribution in [-0.4, -0.2) is 111 Å². The van der Waals surface area contributed by atoms with Gasteiger partial charge in [0.25, 0.3) is 0 Å². The fourth-order valence-electron chi connectivity index (χ4n) is 6.58. The number of benzene rings is 1. The Balaban J connectivity index is 0.000000417. The quantitative estimate of drug-likeness (QED) is 0.0718. The summed E-state index contributed by atoms with van der Waals surface area (Å²) in [6.45, 7) is 18.5. The molecule has 12 heteroatoms. The maximum Gasteiger partial charge on any atom is 0.331 e. The topological polar surface area (TPSA) is 136 Å². The number of esters is 1. The van der Waals surface area contributed by atoms with Crippen molar-refractivity contribution in [2.24, 2.45) is 0 Å². The fraction of sp³-hybridized carbons (Fsp3) is 0.676. The lowest BCUT2D eigenvalue weighted by molar-refractivity contribution is -0.929. The SMILES string of the molecule is CCCC[N+](CCCC)(CCCC)CCCC.COC(=O)C=CN(C)C(C(=O)N[C@@H]1C(=O)N2[C@@H]1SC(C)(C)[C@@H]2C(=O)O)c1ccc(O)cc1. The van der Waals surface area contributed by atoms with E-state index < -0.39 is 52.0 Å². The largest absolute Gasteiger partial charge is 0.508 e. The van der Waals surface area contributed by atoms with Crippen LogP contribution in [0.4, 0.5) is 0 Å². The van der Waals surface area contributed by atoms with Gasteiger partial charge in [-0.15, -0.1) is 11.8 Å². The first kappa shape index (κ1) is 41.9. The molecule has 0 bridgehead atoms. The first-order valence-electron chi connectivity index (χ1n) is 17.9. The smallest absolute Gasteiger partial charge is 0.331 e. The van der Waals surface area contributed by atoms with Gasteiger partial charge in [-0.25, -0.2) is 9.59 Å². The van der Waals surface area contributed by atoms with E-state index in [1.165, 1.54) is 129 Å². The minimum Gasteiger partial charge on any atom is -0.508 e. The molecule has 49 heavy (non-hydrogen) atoms. The number of hydrogen-bond acceptors (Lipinski definition) is 8. The summed E-state index contributed by atoms with van der Waals surface area (Å²) in [6.07, 6.45) is 13.6. The Morgan fingerprint density at radius 1 is 0.980 bits per heavy atom. The number of thioether (sulfide) groups is 1. The van der Waals surface area contributed by atoms with E-state index in [1.807, 2.05) is 0 Å². The molecule has 0 aromatic heterocycles. The third kappa shape index (κ3) is 11.4. The fourth-order valence-corrected chi connectivity index (χ4v) is 8.21. The standard InChI is InChI=1S/C21H25N3O7S.C16H36N/c1-21(2)16(20(29)30)24-18(28)14(19(24)32-21)22-17(27)15(11-5-7-12(25)8-6-11)23(3)10-9-13(26)31-4;1-5-9-13-17(14-10-6-2,15-11-7-3)16-12-8-4/h5-10,14-16,19,25H,1-4H3,(H,22,27)(H,29,30);5-16H2,1-4H3/q;+1/t14-,15?,16+,19-;/m1./s1. The average molecular weight is 706 g/mol. The second-order valence-corrected chi connectivity index (χ2v) is 15.5. The minimum atomic E-state index is -1.09. The van der Waals surface area contributed by atoms with Crippen LogP contribution in [0.1, 0.15) is 105 Å². The van der Waals surface area contributed by atoms with Crippen LogP contribution < -0.4 is 5.32 Å². The zero-order valence-corrected chi connectivity index (χ0v) is 31.8. The predicted octanol–water partition coefficient (Wildman–Crippen LogP) is 5.69. The lowest BCUT2D eigenvalue weighted by atomic mass is 9.95. The van der Waals surface area contributed by atoms with E-state index >= 15 is 0 Å². The van der Waals surface area contributed by atoms with Crippen LogP contribution in [0.25, 0.3) is 0 Å². The number of β-lactam (4-membered cyclic amide) rings is 1. The van der Waals surface area contributed by atoms with Crippen LogP contribution in [0.2, 0.25) is 0 Å². The Morgan fingerprint density at radius 3 is 1.90 bits per heavy atom. The Morgan fingerprint density at radius 2 is 1.47 bits per heavy atom. The number of nitrogens with one attached hydrogen (secondary N) is 1. The van der Waals surface area contributed by atoms with E-state index in [1.54, 1.807) is 33.0 Å². The lowest BCUT2D eigenvalue weighted by Crippen LogP contribution is -2.71. The highest BCUT2D eigenvalue weighted by atomic mass is 32.2. The molecule has 1 aromatic carbocycles. The summed E-state index contributed by atoms with van der Waals surface area (Å²) in [5.74, 6) is -2.63. The van der Waals surface area contributed by atoms with E-state index in [0.717, 1.165) is 6.08 Å². The number of rotatable bonds is 19. The Kier molecular flexibility index (Phi) is 17.0. The number of hydrogen-bond donors (Lipinski definition) is 3. The first-order valence-corrected chi connectivity index (χ1v) is 18.8. The second kappa shape index (κ2) is 19.8. The van der Waals surface area contributed by atoms with Crippen molar-refractivity contribution in [1.82, 2.24) is 15.1 Å². The molecular formula is C37H61N4O7S+. The normalized spacial score (nSPS) is 20.1. The van der Waals surface area contributed by atoms with Crippen LogP contribution in [-0.2, 0) is 23.9 Å². The number of aliphatic carboxylic acids is 1. The molecule has 3 N–H and O–H groups in total. The highest BCUT2D eigenvalue weighted by molar-refractivity contribution is 8.01. The Hall–Kier alpha value is -3.25. The maximum absolute atomic E-state index is 13.2. The number of nitrogens with zero attached hydrogens (tertiary/aromatic N) is 3. The number of methoxy groups -OCH3 is 1. The number of phenols is 1. The van der Waals surface area contributed by atoms with Crippen molar-refractivity contribution in [2.45, 2.75) is 121 Å². The van der Waals surface area contributed by atoms with Gasteiger partial charge in [-0.05, 0) is 57.2 Å². The van der Waals surface area contributed by atoms with E-state index in [0.29, 0.717) is 5.56 Å². The first-order chi connectivity index (χ1) is 23.2. The number of carboxylic acid groups (broad SMARTS) is 1. The van der Waals surface area contributed by atoms with Gasteiger partial charge in [0.15, 0.2) is 0 Å². The zero-order chi connectivity index (χ0) is 36.8. The van der Waals surface area contributed by atoms with E-state index in [2.05, 4.69) is 37.7 Å². The minimum absolute atomic E-state index is 0.0229. The molecule has 11 nitrogen and oxygen atoms in total. The molecule has 1 aromatic rings. The van der Waals surface area contributed by atoms with E-state index in [4.69, 9.17) is 0 Å². The number of aromatic hydroxyl groups is 1. The van der Waals surface area contributed by atoms with Gasteiger partial charge in [0.05, 0.1) is 33.3 Å². The number of amides is 2. The molecule has 0 spiro atoms. The molecule has 4 atom stereocenters. The number of carboxylic acids is 1. The highest BCUT2D eigenvalue weighted by Crippen LogP contribution is 2.50. The molecule has 0 radical (unpaired) electrons. The highest BCUT2D eigenvalue weighted by Gasteiger charge is 2.64. The summed E-state index contributed by atoms with van der Waals surface area (Å²) in [6, 6.07) is 3.21. The maximum atomic E-state index is 13.2. The summed E-state index contributed by atoms with van der Waals surface area (Å²) in [4.78, 5) is 51.9. The number of fused-ring (bicyclic) bond motifs is 1. The summed E-state index contributed by atoms with van der Waals surface area (Å²) in [5.41, 5.74) is 0.517. The van der Waals surface area contributed by atoms with Crippen LogP contribution >= 0.6 is 11.8 Å². The van der Waals surface area contributed by atoms with Crippen LogP contribution in [0.3, 0.4) is 0 Å². The molecule has 2 heterocycles. The van der Waals surface area contributed by atoms with Gasteiger partial charge in [0, 0.05) is 24.1 Å². The molecule has 2 aliphatic rings. The molecular weight excluding hydrogens is 644 g/mol. The molecule has 3 rings (SSSR count). The number of carbonyl (C=O) groups is 4. The van der Waals surface area contributed by atoms with Crippen molar-refractivity contribution in [2.75, 3.05) is 40.3 Å². The number of likely N-dealkylation sites (N-methyl/N-ethyl adjacent to an activating group) is 1. The Labute approximate surface area is 298 Å².